The summed E-state index contributed by atoms with van der Waals surface area (Å²) in [6, 6.07) is 0. The maximum Gasteiger partial charge on any atom is 0.0950 e. The molecule has 0 saturated carbocycles. The molecule has 3 aliphatic rings. The molecule has 17 heavy (non-hydrogen) atoms. The van der Waals surface area contributed by atoms with Gasteiger partial charge in [-0.2, -0.15) is 0 Å². The normalized spacial score (nSPS) is 52.9. The molecule has 0 spiro atoms. The third kappa shape index (κ3) is 1.69. The minimum absolute atomic E-state index is 0.0835. The number of ether oxygens (including phenoxy) is 1. The van der Waals surface area contributed by atoms with Crippen molar-refractivity contribution in [1.29, 1.82) is 0 Å². The number of rotatable bonds is 1. The Labute approximate surface area is 103 Å². The van der Waals surface area contributed by atoms with Crippen LogP contribution in [0.25, 0.3) is 0 Å². The van der Waals surface area contributed by atoms with E-state index in [1.165, 1.54) is 18.4 Å². The van der Waals surface area contributed by atoms with Gasteiger partial charge in [-0.1, -0.05) is 37.6 Å². The maximum absolute atomic E-state index is 9.98. The van der Waals surface area contributed by atoms with E-state index in [-0.39, 0.29) is 23.0 Å². The Morgan fingerprint density at radius 1 is 1.41 bits per heavy atom. The SMILES string of the molecule is C[C@H]1C2=C[C@H](C3(C)CO3)CC[C@@]2(C)C=C[C@H]1O. The van der Waals surface area contributed by atoms with E-state index in [4.69, 9.17) is 4.74 Å². The Morgan fingerprint density at radius 2 is 2.12 bits per heavy atom. The zero-order valence-corrected chi connectivity index (χ0v) is 10.9. The fraction of sp³-hybridized carbons (Fsp3) is 0.733. The van der Waals surface area contributed by atoms with Gasteiger partial charge in [-0.3, -0.25) is 0 Å². The van der Waals surface area contributed by atoms with Crippen LogP contribution in [-0.2, 0) is 4.74 Å². The molecule has 0 aromatic heterocycles. The molecule has 2 heteroatoms. The van der Waals surface area contributed by atoms with Crippen LogP contribution in [0.5, 0.6) is 0 Å². The fourth-order valence-corrected chi connectivity index (χ4v) is 3.41. The number of aliphatic hydroxyl groups is 1. The maximum atomic E-state index is 9.98. The average Bonchev–Trinajstić information content (AvgIpc) is 3.04. The predicted octanol–water partition coefficient (Wildman–Crippen LogP) is 2.68. The molecule has 1 saturated heterocycles. The Balaban J connectivity index is 1.96. The molecule has 1 aliphatic heterocycles. The molecule has 0 bridgehead atoms. The highest BCUT2D eigenvalue weighted by atomic mass is 16.6. The van der Waals surface area contributed by atoms with Gasteiger partial charge in [0, 0.05) is 17.3 Å². The third-order valence-corrected chi connectivity index (χ3v) is 5.06. The van der Waals surface area contributed by atoms with Crippen molar-refractivity contribution in [3.05, 3.63) is 23.8 Å². The van der Waals surface area contributed by atoms with E-state index in [1.807, 2.05) is 6.08 Å². The molecule has 2 aliphatic carbocycles. The van der Waals surface area contributed by atoms with Crippen molar-refractivity contribution in [2.75, 3.05) is 6.61 Å². The van der Waals surface area contributed by atoms with Gasteiger partial charge in [0.05, 0.1) is 18.3 Å². The van der Waals surface area contributed by atoms with Gasteiger partial charge in [0.1, 0.15) is 0 Å². The molecule has 2 nitrogen and oxygen atoms in total. The molecular weight excluding hydrogens is 212 g/mol. The monoisotopic (exact) mass is 234 g/mol. The number of aliphatic hydroxyl groups excluding tert-OH is 1. The van der Waals surface area contributed by atoms with E-state index in [0.29, 0.717) is 5.92 Å². The van der Waals surface area contributed by atoms with E-state index in [1.54, 1.807) is 0 Å². The molecule has 1 heterocycles. The van der Waals surface area contributed by atoms with Crippen LogP contribution in [0.1, 0.15) is 33.6 Å². The fourth-order valence-electron chi connectivity index (χ4n) is 3.41. The van der Waals surface area contributed by atoms with Gasteiger partial charge in [0.2, 0.25) is 0 Å². The average molecular weight is 234 g/mol. The highest BCUT2D eigenvalue weighted by Gasteiger charge is 2.49. The summed E-state index contributed by atoms with van der Waals surface area (Å²) in [5.74, 6) is 0.780. The van der Waals surface area contributed by atoms with Gasteiger partial charge >= 0.3 is 0 Å². The molecule has 0 amide bonds. The summed E-state index contributed by atoms with van der Waals surface area (Å²) in [7, 11) is 0. The Hall–Kier alpha value is -0.600. The van der Waals surface area contributed by atoms with Gasteiger partial charge in [-0.15, -0.1) is 0 Å². The first-order chi connectivity index (χ1) is 7.95. The minimum Gasteiger partial charge on any atom is -0.388 e. The van der Waals surface area contributed by atoms with Crippen molar-refractivity contribution in [3.8, 4) is 0 Å². The second-order valence-electron chi connectivity index (χ2n) is 6.42. The summed E-state index contributed by atoms with van der Waals surface area (Å²) in [6.07, 6.45) is 8.63. The molecule has 0 aromatic rings. The molecule has 0 aromatic carbocycles. The van der Waals surface area contributed by atoms with Crippen LogP contribution in [0.2, 0.25) is 0 Å². The first kappa shape index (κ1) is 11.5. The number of epoxide rings is 1. The van der Waals surface area contributed by atoms with Crippen molar-refractivity contribution in [2.24, 2.45) is 17.3 Å². The predicted molar refractivity (Wildman–Crippen MR) is 67.6 cm³/mol. The lowest BCUT2D eigenvalue weighted by molar-refractivity contribution is 0.144. The van der Waals surface area contributed by atoms with Crippen LogP contribution >= 0.6 is 0 Å². The summed E-state index contributed by atoms with van der Waals surface area (Å²) < 4.78 is 5.59. The van der Waals surface area contributed by atoms with Crippen molar-refractivity contribution < 1.29 is 9.84 Å². The zero-order valence-electron chi connectivity index (χ0n) is 10.9. The number of fused-ring (bicyclic) bond motifs is 1. The number of hydrogen-bond donors (Lipinski definition) is 1. The Morgan fingerprint density at radius 3 is 2.76 bits per heavy atom. The largest absolute Gasteiger partial charge is 0.388 e. The smallest absolute Gasteiger partial charge is 0.0950 e. The van der Waals surface area contributed by atoms with E-state index < -0.39 is 0 Å². The van der Waals surface area contributed by atoms with E-state index in [9.17, 15) is 5.11 Å². The van der Waals surface area contributed by atoms with Gasteiger partial charge in [0.25, 0.3) is 0 Å². The lowest BCUT2D eigenvalue weighted by Crippen LogP contribution is -2.37. The molecule has 1 fully saturated rings. The summed E-state index contributed by atoms with van der Waals surface area (Å²) in [6.45, 7) is 7.53. The highest BCUT2D eigenvalue weighted by Crippen LogP contribution is 2.51. The molecule has 1 unspecified atom stereocenters. The van der Waals surface area contributed by atoms with Crippen LogP contribution in [0.4, 0.5) is 0 Å². The minimum atomic E-state index is -0.319. The first-order valence-corrected chi connectivity index (χ1v) is 6.68. The molecule has 94 valence electrons. The van der Waals surface area contributed by atoms with E-state index in [2.05, 4.69) is 32.9 Å². The van der Waals surface area contributed by atoms with Gasteiger partial charge in [-0.25, -0.2) is 0 Å². The lowest BCUT2D eigenvalue weighted by atomic mass is 9.62. The molecule has 5 atom stereocenters. The van der Waals surface area contributed by atoms with Crippen LogP contribution in [0.3, 0.4) is 0 Å². The quantitative estimate of drug-likeness (QED) is 0.559. The van der Waals surface area contributed by atoms with E-state index >= 15 is 0 Å². The topological polar surface area (TPSA) is 32.8 Å². The van der Waals surface area contributed by atoms with Crippen LogP contribution < -0.4 is 0 Å². The van der Waals surface area contributed by atoms with Gasteiger partial charge in [0.15, 0.2) is 0 Å². The molecule has 3 rings (SSSR count). The third-order valence-electron chi connectivity index (χ3n) is 5.06. The van der Waals surface area contributed by atoms with Crippen LogP contribution in [0, 0.1) is 17.3 Å². The molecule has 1 N–H and O–H groups in total. The Bertz CT molecular complexity index is 392. The summed E-state index contributed by atoms with van der Waals surface area (Å²) in [4.78, 5) is 0. The number of hydrogen-bond acceptors (Lipinski definition) is 2. The van der Waals surface area contributed by atoms with Crippen molar-refractivity contribution in [3.63, 3.8) is 0 Å². The van der Waals surface area contributed by atoms with Crippen LogP contribution in [0.15, 0.2) is 23.8 Å². The highest BCUT2D eigenvalue weighted by molar-refractivity contribution is 5.33. The first-order valence-electron chi connectivity index (χ1n) is 6.68. The molecular formula is C15H22O2. The lowest BCUT2D eigenvalue weighted by Gasteiger charge is -2.43. The van der Waals surface area contributed by atoms with Gasteiger partial charge in [-0.05, 0) is 19.8 Å². The van der Waals surface area contributed by atoms with Crippen molar-refractivity contribution in [2.45, 2.75) is 45.3 Å². The summed E-state index contributed by atoms with van der Waals surface area (Å²) in [5.41, 5.74) is 1.67. The van der Waals surface area contributed by atoms with Crippen LogP contribution in [-0.4, -0.2) is 23.4 Å². The van der Waals surface area contributed by atoms with Crippen molar-refractivity contribution >= 4 is 0 Å². The standard InChI is InChI=1S/C15H22O2/c1-10-12-8-11(15(3)9-17-15)4-6-14(12,2)7-5-13(10)16/h5,7-8,10-11,13,16H,4,6,9H2,1-3H3/t10-,11+,13+,14-,15?/m0/s1. The number of allylic oxidation sites excluding steroid dienone is 1. The second-order valence-corrected chi connectivity index (χ2v) is 6.42. The molecule has 0 radical (unpaired) electrons. The Kier molecular flexibility index (Phi) is 2.34. The zero-order chi connectivity index (χ0) is 12.3. The summed E-state index contributed by atoms with van der Waals surface area (Å²) >= 11 is 0. The van der Waals surface area contributed by atoms with Gasteiger partial charge < -0.3 is 9.84 Å². The van der Waals surface area contributed by atoms with Crippen molar-refractivity contribution in [1.82, 2.24) is 0 Å². The second kappa shape index (κ2) is 3.46. The van der Waals surface area contributed by atoms with E-state index in [0.717, 1.165) is 6.61 Å². The summed E-state index contributed by atoms with van der Waals surface area (Å²) in [5, 5.41) is 9.98.